The Hall–Kier alpha value is -2.33. The van der Waals surface area contributed by atoms with Crippen LogP contribution in [0.2, 0.25) is 0 Å². The van der Waals surface area contributed by atoms with Crippen LogP contribution in [0.5, 0.6) is 0 Å². The molecular weight excluding hydrogens is 342 g/mol. The minimum Gasteiger partial charge on any atom is -0.241 e. The van der Waals surface area contributed by atoms with Crippen LogP contribution >= 0.6 is 0 Å². The highest BCUT2D eigenvalue weighted by atomic mass is 32.2. The van der Waals surface area contributed by atoms with Crippen molar-refractivity contribution in [3.8, 4) is 0 Å². The summed E-state index contributed by atoms with van der Waals surface area (Å²) in [4.78, 5) is 0.331. The van der Waals surface area contributed by atoms with E-state index in [1.54, 1.807) is 12.1 Å². The maximum atomic E-state index is 13.3. The summed E-state index contributed by atoms with van der Waals surface area (Å²) in [5.41, 5.74) is 4.65. The molecule has 26 heavy (non-hydrogen) atoms. The van der Waals surface area contributed by atoms with E-state index in [2.05, 4.69) is 6.58 Å². The second-order valence-corrected chi connectivity index (χ2v) is 9.75. The topological polar surface area (TPSA) is 39.1 Å². The molecule has 0 aliphatic heterocycles. The molecule has 0 radical (unpaired) electrons. The van der Waals surface area contributed by atoms with Gasteiger partial charge < -0.3 is 0 Å². The van der Waals surface area contributed by atoms with E-state index in [4.69, 9.17) is 0 Å². The predicted molar refractivity (Wildman–Crippen MR) is 104 cm³/mol. The maximum absolute atomic E-state index is 13.3. The number of aromatic nitrogens is 1. The van der Waals surface area contributed by atoms with E-state index in [9.17, 15) is 8.42 Å². The zero-order chi connectivity index (χ0) is 18.1. The van der Waals surface area contributed by atoms with Crippen molar-refractivity contribution in [3.63, 3.8) is 0 Å². The quantitative estimate of drug-likeness (QED) is 0.614. The summed E-state index contributed by atoms with van der Waals surface area (Å²) in [5.74, 6) is 0.451. The van der Waals surface area contributed by atoms with Gasteiger partial charge in [-0.2, -0.15) is 0 Å². The van der Waals surface area contributed by atoms with E-state index >= 15 is 0 Å². The van der Waals surface area contributed by atoms with Crippen molar-refractivity contribution in [3.05, 3.63) is 78.0 Å². The summed E-state index contributed by atoms with van der Waals surface area (Å²) < 4.78 is 28.0. The van der Waals surface area contributed by atoms with Crippen LogP contribution in [0.25, 0.3) is 10.9 Å². The molecular formula is C22H21NO2S. The minimum absolute atomic E-state index is 0.331. The van der Waals surface area contributed by atoms with Crippen molar-refractivity contribution in [2.75, 3.05) is 0 Å². The predicted octanol–water partition coefficient (Wildman–Crippen LogP) is 5.01. The van der Waals surface area contributed by atoms with Gasteiger partial charge in [0, 0.05) is 11.6 Å². The highest BCUT2D eigenvalue weighted by Crippen LogP contribution is 2.72. The normalized spacial score (nSPS) is 21.1. The van der Waals surface area contributed by atoms with E-state index < -0.39 is 10.0 Å². The first kappa shape index (κ1) is 15.9. The molecule has 2 aliphatic rings. The van der Waals surface area contributed by atoms with Gasteiger partial charge in [0.25, 0.3) is 10.0 Å². The van der Waals surface area contributed by atoms with Gasteiger partial charge in [-0.05, 0) is 61.3 Å². The highest BCUT2D eigenvalue weighted by molar-refractivity contribution is 7.90. The van der Waals surface area contributed by atoms with Gasteiger partial charge in [0.15, 0.2) is 0 Å². The molecule has 1 unspecified atom stereocenters. The first-order valence-corrected chi connectivity index (χ1v) is 10.4. The monoisotopic (exact) mass is 363 g/mol. The first-order valence-electron chi connectivity index (χ1n) is 9.00. The fourth-order valence-electron chi connectivity index (χ4n) is 4.60. The van der Waals surface area contributed by atoms with E-state index in [0.717, 1.165) is 35.7 Å². The van der Waals surface area contributed by atoms with Gasteiger partial charge in [-0.1, -0.05) is 48.0 Å². The molecule has 2 aliphatic carbocycles. The summed E-state index contributed by atoms with van der Waals surface area (Å²) >= 11 is 0. The molecule has 1 aromatic heterocycles. The van der Waals surface area contributed by atoms with E-state index in [0.29, 0.717) is 16.2 Å². The van der Waals surface area contributed by atoms with Crippen LogP contribution in [-0.4, -0.2) is 12.4 Å². The van der Waals surface area contributed by atoms with Crippen molar-refractivity contribution in [1.82, 2.24) is 3.97 Å². The molecule has 2 saturated carbocycles. The van der Waals surface area contributed by atoms with Gasteiger partial charge in [-0.25, -0.2) is 12.4 Å². The summed E-state index contributed by atoms with van der Waals surface area (Å²) in [6.45, 7) is 6.03. The number of aryl methyl sites for hydroxylation is 1. The van der Waals surface area contributed by atoms with Crippen LogP contribution in [0, 0.1) is 12.3 Å². The number of hydrogen-bond donors (Lipinski definition) is 0. The Morgan fingerprint density at radius 2 is 1.77 bits per heavy atom. The van der Waals surface area contributed by atoms with E-state index in [1.807, 2.05) is 49.5 Å². The molecule has 0 saturated heterocycles. The number of nitrogens with zero attached hydrogens (tertiary/aromatic N) is 1. The van der Waals surface area contributed by atoms with Crippen LogP contribution in [0.4, 0.5) is 0 Å². The lowest BCUT2D eigenvalue weighted by atomic mass is 9.75. The van der Waals surface area contributed by atoms with Crippen LogP contribution < -0.4 is 0 Å². The first-order chi connectivity index (χ1) is 12.4. The number of hydrogen-bond acceptors (Lipinski definition) is 2. The fraction of sp³-hybridized carbons (Fsp3) is 0.273. The summed E-state index contributed by atoms with van der Waals surface area (Å²) in [6, 6.07) is 14.9. The van der Waals surface area contributed by atoms with Crippen LogP contribution in [0.15, 0.2) is 71.8 Å². The SMILES string of the molecule is C=C1CC2(C1)CC2c1cn(S(=O)(=O)c2ccc(C)cc2)c2ccccc12. The maximum Gasteiger partial charge on any atom is 0.268 e. The van der Waals surface area contributed by atoms with Crippen LogP contribution in [-0.2, 0) is 10.0 Å². The average molecular weight is 363 g/mol. The Morgan fingerprint density at radius 1 is 1.08 bits per heavy atom. The zero-order valence-electron chi connectivity index (χ0n) is 14.8. The van der Waals surface area contributed by atoms with Crippen molar-refractivity contribution in [2.24, 2.45) is 5.41 Å². The third-order valence-corrected chi connectivity index (χ3v) is 7.74. The van der Waals surface area contributed by atoms with Gasteiger partial charge in [0.2, 0.25) is 0 Å². The molecule has 1 heterocycles. The fourth-order valence-corrected chi connectivity index (χ4v) is 5.98. The molecule has 2 aromatic carbocycles. The van der Waals surface area contributed by atoms with Crippen molar-refractivity contribution >= 4 is 20.9 Å². The molecule has 0 N–H and O–H groups in total. The van der Waals surface area contributed by atoms with Crippen molar-refractivity contribution in [2.45, 2.75) is 37.0 Å². The number of fused-ring (bicyclic) bond motifs is 1. The number of para-hydroxylation sites is 1. The van der Waals surface area contributed by atoms with Gasteiger partial charge in [-0.3, -0.25) is 0 Å². The number of allylic oxidation sites excluding steroid dienone is 1. The van der Waals surface area contributed by atoms with Crippen molar-refractivity contribution in [1.29, 1.82) is 0 Å². The summed E-state index contributed by atoms with van der Waals surface area (Å²) in [5, 5.41) is 1.06. The molecule has 2 fully saturated rings. The van der Waals surface area contributed by atoms with Crippen molar-refractivity contribution < 1.29 is 8.42 Å². The Bertz CT molecular complexity index is 1140. The number of rotatable bonds is 3. The average Bonchev–Trinajstić information content (AvgIpc) is 3.18. The Kier molecular flexibility index (Phi) is 3.12. The second kappa shape index (κ2) is 5.10. The smallest absolute Gasteiger partial charge is 0.241 e. The Morgan fingerprint density at radius 3 is 2.46 bits per heavy atom. The third kappa shape index (κ3) is 2.15. The molecule has 0 amide bonds. The molecule has 0 bridgehead atoms. The van der Waals surface area contributed by atoms with E-state index in [-0.39, 0.29) is 0 Å². The lowest BCUT2D eigenvalue weighted by Crippen LogP contribution is -2.17. The standard InChI is InChI=1S/C22H21NO2S/c1-15-7-9-17(10-8-15)26(24,25)23-14-19(18-5-3-4-6-21(18)23)20-13-22(20)11-16(2)12-22/h3-10,14,20H,2,11-13H2,1H3. The van der Waals surface area contributed by atoms with Crippen LogP contribution in [0.1, 0.15) is 36.3 Å². The Labute approximate surface area is 154 Å². The van der Waals surface area contributed by atoms with Gasteiger partial charge >= 0.3 is 0 Å². The number of benzene rings is 2. The summed E-state index contributed by atoms with van der Waals surface area (Å²) in [6.07, 6.45) is 5.18. The third-order valence-electron chi connectivity index (χ3n) is 6.06. The molecule has 3 aromatic rings. The highest BCUT2D eigenvalue weighted by Gasteiger charge is 2.60. The molecule has 5 rings (SSSR count). The lowest BCUT2D eigenvalue weighted by Gasteiger charge is -2.29. The molecule has 132 valence electrons. The van der Waals surface area contributed by atoms with Crippen LogP contribution in [0.3, 0.4) is 0 Å². The second-order valence-electron chi connectivity index (χ2n) is 7.94. The molecule has 1 atom stereocenters. The van der Waals surface area contributed by atoms with Gasteiger partial charge in [0.1, 0.15) is 0 Å². The van der Waals surface area contributed by atoms with E-state index in [1.165, 1.54) is 15.1 Å². The zero-order valence-corrected chi connectivity index (χ0v) is 15.6. The Balaban J connectivity index is 1.65. The minimum atomic E-state index is -3.60. The largest absolute Gasteiger partial charge is 0.268 e. The molecule has 3 nitrogen and oxygen atoms in total. The lowest BCUT2D eigenvalue weighted by molar-refractivity contribution is 0.380. The molecule has 4 heteroatoms. The van der Waals surface area contributed by atoms with Gasteiger partial charge in [-0.15, -0.1) is 0 Å². The summed E-state index contributed by atoms with van der Waals surface area (Å²) in [7, 11) is -3.60. The molecule has 1 spiro atoms. The van der Waals surface area contributed by atoms with Gasteiger partial charge in [0.05, 0.1) is 10.4 Å².